The van der Waals surface area contributed by atoms with Gasteiger partial charge in [0, 0.05) is 12.3 Å². The molecule has 0 aliphatic carbocycles. The highest BCUT2D eigenvalue weighted by atomic mass is 32.2. The van der Waals surface area contributed by atoms with E-state index in [0.29, 0.717) is 5.75 Å². The Kier molecular flexibility index (Phi) is 5.56. The van der Waals surface area contributed by atoms with Crippen LogP contribution in [0.25, 0.3) is 0 Å². The van der Waals surface area contributed by atoms with Crippen molar-refractivity contribution >= 4 is 15.7 Å². The van der Waals surface area contributed by atoms with Gasteiger partial charge in [-0.3, -0.25) is 4.79 Å². The fourth-order valence-corrected chi connectivity index (χ4v) is 2.97. The Morgan fingerprint density at radius 2 is 1.85 bits per heavy atom. The van der Waals surface area contributed by atoms with Crippen molar-refractivity contribution < 1.29 is 17.9 Å². The van der Waals surface area contributed by atoms with Crippen molar-refractivity contribution in [2.24, 2.45) is 0 Å². The molecular weight excluding hydrogens is 278 g/mol. The van der Waals surface area contributed by atoms with E-state index in [1.807, 2.05) is 32.0 Å². The van der Waals surface area contributed by atoms with E-state index >= 15 is 0 Å². The van der Waals surface area contributed by atoms with Crippen molar-refractivity contribution in [2.45, 2.75) is 26.8 Å². The molecule has 1 aromatic carbocycles. The van der Waals surface area contributed by atoms with Crippen molar-refractivity contribution in [3.8, 4) is 5.75 Å². The number of carbonyl (C=O) groups excluding carboxylic acids is 1. The highest BCUT2D eigenvalue weighted by Gasteiger charge is 2.14. The van der Waals surface area contributed by atoms with E-state index in [1.165, 1.54) is 0 Å². The van der Waals surface area contributed by atoms with Gasteiger partial charge in [-0.15, -0.1) is 0 Å². The van der Waals surface area contributed by atoms with E-state index in [4.69, 9.17) is 4.74 Å². The molecule has 0 spiro atoms. The summed E-state index contributed by atoms with van der Waals surface area (Å²) in [5, 5.41) is 2.60. The van der Waals surface area contributed by atoms with Gasteiger partial charge in [0.2, 0.25) is 0 Å². The molecule has 112 valence electrons. The zero-order chi connectivity index (χ0) is 15.3. The molecule has 0 aliphatic heterocycles. The Balaban J connectivity index is 2.52. The monoisotopic (exact) mass is 299 g/mol. The van der Waals surface area contributed by atoms with E-state index in [0.717, 1.165) is 17.4 Å². The van der Waals surface area contributed by atoms with E-state index in [-0.39, 0.29) is 18.3 Å². The Labute approximate surface area is 120 Å². The first-order valence-electron chi connectivity index (χ1n) is 6.35. The lowest BCUT2D eigenvalue weighted by Crippen LogP contribution is -2.39. The molecule has 0 fully saturated rings. The topological polar surface area (TPSA) is 72.5 Å². The Morgan fingerprint density at radius 3 is 2.35 bits per heavy atom. The molecule has 0 aromatic heterocycles. The minimum atomic E-state index is -3.11. The second-order valence-corrected chi connectivity index (χ2v) is 7.26. The minimum Gasteiger partial charge on any atom is -0.483 e. The molecule has 1 rings (SSSR count). The number of hydrogen-bond donors (Lipinski definition) is 1. The van der Waals surface area contributed by atoms with Gasteiger partial charge in [-0.05, 0) is 31.9 Å². The van der Waals surface area contributed by atoms with Gasteiger partial charge in [0.15, 0.2) is 6.61 Å². The van der Waals surface area contributed by atoms with Crippen LogP contribution in [0.2, 0.25) is 0 Å². The van der Waals surface area contributed by atoms with Crippen LogP contribution in [0, 0.1) is 13.8 Å². The predicted molar refractivity (Wildman–Crippen MR) is 78.7 cm³/mol. The summed E-state index contributed by atoms with van der Waals surface area (Å²) < 4.78 is 27.7. The van der Waals surface area contributed by atoms with Crippen LogP contribution in [-0.2, 0) is 14.6 Å². The van der Waals surface area contributed by atoms with Crippen LogP contribution in [0.15, 0.2) is 18.2 Å². The summed E-state index contributed by atoms with van der Waals surface area (Å²) in [6.07, 6.45) is 1.14. The molecule has 0 aliphatic rings. The van der Waals surface area contributed by atoms with E-state index in [1.54, 1.807) is 6.92 Å². The summed E-state index contributed by atoms with van der Waals surface area (Å²) in [6.45, 7) is 5.34. The van der Waals surface area contributed by atoms with E-state index < -0.39 is 15.9 Å². The summed E-state index contributed by atoms with van der Waals surface area (Å²) in [5.74, 6) is 0.282. The average molecular weight is 299 g/mol. The van der Waals surface area contributed by atoms with Crippen LogP contribution in [0.3, 0.4) is 0 Å². The lowest BCUT2D eigenvalue weighted by atomic mass is 10.1. The molecule has 1 unspecified atom stereocenters. The third kappa shape index (κ3) is 5.61. The molecule has 0 heterocycles. The van der Waals surface area contributed by atoms with Crippen LogP contribution in [-0.4, -0.2) is 39.0 Å². The van der Waals surface area contributed by atoms with Crippen molar-refractivity contribution in [3.63, 3.8) is 0 Å². The molecule has 1 aromatic rings. The number of nitrogens with one attached hydrogen (secondary N) is 1. The van der Waals surface area contributed by atoms with Crippen molar-refractivity contribution in [1.82, 2.24) is 5.32 Å². The molecule has 1 N–H and O–H groups in total. The first-order valence-corrected chi connectivity index (χ1v) is 8.41. The summed E-state index contributed by atoms with van der Waals surface area (Å²) in [4.78, 5) is 11.7. The van der Waals surface area contributed by atoms with Crippen molar-refractivity contribution in [2.75, 3.05) is 18.6 Å². The molecule has 0 saturated heterocycles. The van der Waals surface area contributed by atoms with Crippen molar-refractivity contribution in [3.05, 3.63) is 29.3 Å². The van der Waals surface area contributed by atoms with Crippen LogP contribution in [0.5, 0.6) is 5.75 Å². The van der Waals surface area contributed by atoms with Crippen LogP contribution < -0.4 is 10.1 Å². The van der Waals surface area contributed by atoms with Crippen LogP contribution in [0.1, 0.15) is 18.1 Å². The second kappa shape index (κ2) is 6.74. The number of benzene rings is 1. The molecule has 0 bridgehead atoms. The minimum absolute atomic E-state index is 0.0812. The number of sulfone groups is 1. The third-order valence-corrected chi connectivity index (χ3v) is 3.82. The van der Waals surface area contributed by atoms with Gasteiger partial charge >= 0.3 is 0 Å². The van der Waals surface area contributed by atoms with Gasteiger partial charge in [0.25, 0.3) is 5.91 Å². The molecule has 0 radical (unpaired) electrons. The number of aryl methyl sites for hydroxylation is 2. The fourth-order valence-electron chi connectivity index (χ4n) is 1.98. The maximum absolute atomic E-state index is 11.7. The van der Waals surface area contributed by atoms with Gasteiger partial charge in [0.05, 0.1) is 5.75 Å². The number of carbonyl (C=O) groups is 1. The maximum atomic E-state index is 11.7. The quantitative estimate of drug-likeness (QED) is 0.857. The van der Waals surface area contributed by atoms with Gasteiger partial charge in [0.1, 0.15) is 15.6 Å². The molecule has 1 amide bonds. The normalized spacial score (nSPS) is 12.8. The number of rotatable bonds is 6. The maximum Gasteiger partial charge on any atom is 0.258 e. The zero-order valence-electron chi connectivity index (χ0n) is 12.3. The van der Waals surface area contributed by atoms with Gasteiger partial charge < -0.3 is 10.1 Å². The molecule has 1 atom stereocenters. The lowest BCUT2D eigenvalue weighted by Gasteiger charge is -2.15. The average Bonchev–Trinajstić information content (AvgIpc) is 2.25. The highest BCUT2D eigenvalue weighted by Crippen LogP contribution is 2.21. The number of ether oxygens (including phenoxy) is 1. The molecule has 0 saturated carbocycles. The SMILES string of the molecule is Cc1cccc(C)c1OCC(=O)NC(C)CS(C)(=O)=O. The Morgan fingerprint density at radius 1 is 1.30 bits per heavy atom. The second-order valence-electron chi connectivity index (χ2n) is 5.07. The molecule has 20 heavy (non-hydrogen) atoms. The van der Waals surface area contributed by atoms with E-state index in [9.17, 15) is 13.2 Å². The summed E-state index contributed by atoms with van der Waals surface area (Å²) >= 11 is 0. The standard InChI is InChI=1S/C14H21NO4S/c1-10-6-5-7-11(2)14(10)19-8-13(16)15-12(3)9-20(4,17)18/h5-7,12H,8-9H2,1-4H3,(H,15,16). The summed E-state index contributed by atoms with van der Waals surface area (Å²) in [5.41, 5.74) is 1.92. The number of amides is 1. The zero-order valence-corrected chi connectivity index (χ0v) is 13.1. The third-order valence-electron chi connectivity index (χ3n) is 2.72. The Bertz CT molecular complexity index is 561. The van der Waals surface area contributed by atoms with Crippen molar-refractivity contribution in [1.29, 1.82) is 0 Å². The molecule has 5 nitrogen and oxygen atoms in total. The van der Waals surface area contributed by atoms with Gasteiger partial charge in [-0.1, -0.05) is 18.2 Å². The Hall–Kier alpha value is -1.56. The number of hydrogen-bond acceptors (Lipinski definition) is 4. The predicted octanol–water partition coefficient (Wildman–Crippen LogP) is 1.23. The fraction of sp³-hybridized carbons (Fsp3) is 0.500. The smallest absolute Gasteiger partial charge is 0.258 e. The number of para-hydroxylation sites is 1. The van der Waals surface area contributed by atoms with Gasteiger partial charge in [-0.2, -0.15) is 0 Å². The largest absolute Gasteiger partial charge is 0.483 e. The first kappa shape index (κ1) is 16.5. The first-order chi connectivity index (χ1) is 9.19. The molecule has 6 heteroatoms. The van der Waals surface area contributed by atoms with Crippen LogP contribution >= 0.6 is 0 Å². The van der Waals surface area contributed by atoms with E-state index in [2.05, 4.69) is 5.32 Å². The lowest BCUT2D eigenvalue weighted by molar-refractivity contribution is -0.123. The molecular formula is C14H21NO4S. The van der Waals surface area contributed by atoms with Crippen LogP contribution in [0.4, 0.5) is 0 Å². The van der Waals surface area contributed by atoms with Gasteiger partial charge in [-0.25, -0.2) is 8.42 Å². The summed E-state index contributed by atoms with van der Waals surface area (Å²) in [6, 6.07) is 5.31. The summed E-state index contributed by atoms with van der Waals surface area (Å²) in [7, 11) is -3.11. The highest BCUT2D eigenvalue weighted by molar-refractivity contribution is 7.90.